The highest BCUT2D eigenvalue weighted by Crippen LogP contribution is 2.15. The molecule has 0 heterocycles. The summed E-state index contributed by atoms with van der Waals surface area (Å²) in [6.45, 7) is 0.271. The predicted octanol–water partition coefficient (Wildman–Crippen LogP) is 3.52. The molecule has 0 aromatic heterocycles. The van der Waals surface area contributed by atoms with Gasteiger partial charge in [0.25, 0.3) is 0 Å². The van der Waals surface area contributed by atoms with E-state index in [-0.39, 0.29) is 12.5 Å². The Labute approximate surface area is 121 Å². The van der Waals surface area contributed by atoms with Gasteiger partial charge in [0.1, 0.15) is 0 Å². The van der Waals surface area contributed by atoms with Gasteiger partial charge in [-0.05, 0) is 36.4 Å². The fourth-order valence-electron chi connectivity index (χ4n) is 1.66. The minimum atomic E-state index is 0.0223. The quantitative estimate of drug-likeness (QED) is 0.935. The van der Waals surface area contributed by atoms with Gasteiger partial charge >= 0.3 is 0 Å². The third-order valence-electron chi connectivity index (χ3n) is 2.81. The smallest absolute Gasteiger partial charge is 0.246 e. The third-order valence-corrected chi connectivity index (χ3v) is 3.33. The number of para-hydroxylation sites is 1. The normalized spacial score (nSPS) is 10.0. The Morgan fingerprint density at radius 3 is 2.37 bits per heavy atom. The second-order valence-electron chi connectivity index (χ2n) is 4.15. The summed E-state index contributed by atoms with van der Waals surface area (Å²) in [5, 5.41) is 3.11. The van der Waals surface area contributed by atoms with Crippen LogP contribution in [0.5, 0.6) is 0 Å². The van der Waals surface area contributed by atoms with Crippen molar-refractivity contribution in [1.82, 2.24) is 0 Å². The number of likely N-dealkylation sites (N-methyl/N-ethyl adjacent to an activating group) is 1. The maximum Gasteiger partial charge on any atom is 0.246 e. The van der Waals surface area contributed by atoms with Crippen LogP contribution in [-0.4, -0.2) is 19.5 Å². The summed E-state index contributed by atoms with van der Waals surface area (Å²) in [6.07, 6.45) is 0. The molecule has 0 aliphatic heterocycles. The van der Waals surface area contributed by atoms with Crippen LogP contribution in [0.2, 0.25) is 0 Å². The number of hydrogen-bond donors (Lipinski definition) is 1. The average Bonchev–Trinajstić information content (AvgIpc) is 2.46. The summed E-state index contributed by atoms with van der Waals surface area (Å²) >= 11 is 3.38. The molecule has 0 unspecified atom stereocenters. The molecule has 0 fully saturated rings. The van der Waals surface area contributed by atoms with Crippen molar-refractivity contribution in [3.05, 3.63) is 59.1 Å². The van der Waals surface area contributed by atoms with Crippen molar-refractivity contribution < 1.29 is 4.79 Å². The number of hydrogen-bond acceptors (Lipinski definition) is 2. The monoisotopic (exact) mass is 318 g/mol. The van der Waals surface area contributed by atoms with E-state index in [1.54, 1.807) is 11.9 Å². The second-order valence-corrected chi connectivity index (χ2v) is 5.06. The highest BCUT2D eigenvalue weighted by molar-refractivity contribution is 9.10. The maximum absolute atomic E-state index is 12.0. The molecule has 0 saturated carbocycles. The van der Waals surface area contributed by atoms with Crippen molar-refractivity contribution in [1.29, 1.82) is 0 Å². The molecule has 2 rings (SSSR count). The molecule has 0 saturated heterocycles. The summed E-state index contributed by atoms with van der Waals surface area (Å²) in [5.41, 5.74) is 1.82. The van der Waals surface area contributed by atoms with Crippen molar-refractivity contribution >= 4 is 33.2 Å². The molecule has 1 amide bonds. The first-order valence-corrected chi connectivity index (χ1v) is 6.77. The van der Waals surface area contributed by atoms with Gasteiger partial charge in [-0.1, -0.05) is 34.1 Å². The van der Waals surface area contributed by atoms with Gasteiger partial charge in [-0.15, -0.1) is 0 Å². The Morgan fingerprint density at radius 1 is 1.11 bits per heavy atom. The largest absolute Gasteiger partial charge is 0.376 e. The molecule has 0 spiro atoms. The van der Waals surface area contributed by atoms with Crippen LogP contribution >= 0.6 is 15.9 Å². The van der Waals surface area contributed by atoms with Crippen LogP contribution in [0.4, 0.5) is 11.4 Å². The SMILES string of the molecule is CN(C(=O)CNc1ccc(Br)cc1)c1ccccc1. The fourth-order valence-corrected chi connectivity index (χ4v) is 1.92. The Hall–Kier alpha value is -1.81. The van der Waals surface area contributed by atoms with Crippen LogP contribution < -0.4 is 10.2 Å². The lowest BCUT2D eigenvalue weighted by Gasteiger charge is -2.17. The molecule has 98 valence electrons. The van der Waals surface area contributed by atoms with Gasteiger partial charge in [-0.2, -0.15) is 0 Å². The van der Waals surface area contributed by atoms with Gasteiger partial charge in [-0.25, -0.2) is 0 Å². The van der Waals surface area contributed by atoms with Gasteiger partial charge < -0.3 is 10.2 Å². The summed E-state index contributed by atoms with van der Waals surface area (Å²) < 4.78 is 1.02. The first-order chi connectivity index (χ1) is 9.16. The van der Waals surface area contributed by atoms with Crippen molar-refractivity contribution in [3.8, 4) is 0 Å². The lowest BCUT2D eigenvalue weighted by atomic mass is 10.3. The third kappa shape index (κ3) is 3.83. The number of carbonyl (C=O) groups excluding carboxylic acids is 1. The summed E-state index contributed by atoms with van der Waals surface area (Å²) in [4.78, 5) is 13.7. The minimum absolute atomic E-state index is 0.0223. The number of nitrogens with one attached hydrogen (secondary N) is 1. The van der Waals surface area contributed by atoms with Gasteiger partial charge in [-0.3, -0.25) is 4.79 Å². The van der Waals surface area contributed by atoms with Crippen molar-refractivity contribution in [3.63, 3.8) is 0 Å². The lowest BCUT2D eigenvalue weighted by Crippen LogP contribution is -2.32. The first kappa shape index (κ1) is 13.6. The fraction of sp³-hybridized carbons (Fsp3) is 0.133. The predicted molar refractivity (Wildman–Crippen MR) is 82.5 cm³/mol. The van der Waals surface area contributed by atoms with Crippen molar-refractivity contribution in [2.75, 3.05) is 23.8 Å². The summed E-state index contributed by atoms with van der Waals surface area (Å²) in [6, 6.07) is 17.3. The van der Waals surface area contributed by atoms with Gasteiger partial charge in [0.05, 0.1) is 6.54 Å². The molecule has 4 heteroatoms. The molecule has 0 radical (unpaired) electrons. The molecule has 3 nitrogen and oxygen atoms in total. The zero-order chi connectivity index (χ0) is 13.7. The van der Waals surface area contributed by atoms with E-state index in [9.17, 15) is 4.79 Å². The van der Waals surface area contributed by atoms with Crippen molar-refractivity contribution in [2.45, 2.75) is 0 Å². The first-order valence-electron chi connectivity index (χ1n) is 5.98. The van der Waals surface area contributed by atoms with Crippen LogP contribution in [-0.2, 0) is 4.79 Å². The number of anilines is 2. The van der Waals surface area contributed by atoms with Gasteiger partial charge in [0.2, 0.25) is 5.91 Å². The zero-order valence-electron chi connectivity index (χ0n) is 10.6. The van der Waals surface area contributed by atoms with Crippen LogP contribution in [0, 0.1) is 0 Å². The molecule has 0 aliphatic carbocycles. The number of rotatable bonds is 4. The molecule has 0 atom stereocenters. The molecular weight excluding hydrogens is 304 g/mol. The highest BCUT2D eigenvalue weighted by atomic mass is 79.9. The standard InChI is InChI=1S/C15H15BrN2O/c1-18(14-5-3-2-4-6-14)15(19)11-17-13-9-7-12(16)8-10-13/h2-10,17H,11H2,1H3. The Morgan fingerprint density at radius 2 is 1.74 bits per heavy atom. The van der Waals surface area contributed by atoms with Crippen molar-refractivity contribution in [2.24, 2.45) is 0 Å². The number of halogens is 1. The van der Waals surface area contributed by atoms with Crippen LogP contribution in [0.1, 0.15) is 0 Å². The van der Waals surface area contributed by atoms with E-state index in [1.807, 2.05) is 54.6 Å². The molecule has 1 N–H and O–H groups in total. The zero-order valence-corrected chi connectivity index (χ0v) is 12.2. The Bertz CT molecular complexity index is 540. The van der Waals surface area contributed by atoms with E-state index in [4.69, 9.17) is 0 Å². The molecule has 2 aromatic rings. The van der Waals surface area contributed by atoms with Gasteiger partial charge in [0, 0.05) is 22.9 Å². The Balaban J connectivity index is 1.93. The molecule has 0 bridgehead atoms. The van der Waals surface area contributed by atoms with E-state index in [2.05, 4.69) is 21.2 Å². The number of nitrogens with zero attached hydrogens (tertiary/aromatic N) is 1. The number of amides is 1. The number of carbonyl (C=O) groups is 1. The topological polar surface area (TPSA) is 32.3 Å². The molecule has 2 aromatic carbocycles. The molecular formula is C15H15BrN2O. The van der Waals surface area contributed by atoms with E-state index < -0.39 is 0 Å². The summed E-state index contributed by atoms with van der Waals surface area (Å²) in [5.74, 6) is 0.0223. The van der Waals surface area contributed by atoms with E-state index in [0.717, 1.165) is 15.8 Å². The maximum atomic E-state index is 12.0. The van der Waals surface area contributed by atoms with Crippen LogP contribution in [0.25, 0.3) is 0 Å². The minimum Gasteiger partial charge on any atom is -0.376 e. The van der Waals surface area contributed by atoms with E-state index in [1.165, 1.54) is 0 Å². The average molecular weight is 319 g/mol. The Kier molecular flexibility index (Phi) is 4.58. The number of benzene rings is 2. The lowest BCUT2D eigenvalue weighted by molar-refractivity contribution is -0.116. The van der Waals surface area contributed by atoms with E-state index >= 15 is 0 Å². The second kappa shape index (κ2) is 6.38. The van der Waals surface area contributed by atoms with Crippen LogP contribution in [0.15, 0.2) is 59.1 Å². The summed E-state index contributed by atoms with van der Waals surface area (Å²) in [7, 11) is 1.78. The highest BCUT2D eigenvalue weighted by Gasteiger charge is 2.09. The molecule has 19 heavy (non-hydrogen) atoms. The van der Waals surface area contributed by atoms with Gasteiger partial charge in [0.15, 0.2) is 0 Å². The van der Waals surface area contributed by atoms with E-state index in [0.29, 0.717) is 0 Å². The molecule has 0 aliphatic rings. The van der Waals surface area contributed by atoms with Crippen LogP contribution in [0.3, 0.4) is 0 Å².